The molecule has 0 spiro atoms. The third kappa shape index (κ3) is 2.86. The summed E-state index contributed by atoms with van der Waals surface area (Å²) in [5.74, 6) is 0. The smallest absolute Gasteiger partial charge is 0.195 e. The number of nitrogens with zero attached hydrogens (tertiary/aromatic N) is 2. The van der Waals surface area contributed by atoms with Gasteiger partial charge in [-0.3, -0.25) is 0 Å². The third-order valence-electron chi connectivity index (χ3n) is 3.08. The number of rotatable bonds is 5. The van der Waals surface area contributed by atoms with E-state index in [9.17, 15) is 8.42 Å². The van der Waals surface area contributed by atoms with Gasteiger partial charge in [0.05, 0.1) is 0 Å². The standard InChI is InChI=1S/C12H18N2O2S/c1-11-5-3-4-6-12(11)7-8-13(2)17(15,16)14-9-10-14/h3-6H,7-10H2,1-2H3. The van der Waals surface area contributed by atoms with Crippen LogP contribution in [0.3, 0.4) is 0 Å². The fraction of sp³-hybridized carbons (Fsp3) is 0.500. The Labute approximate surface area is 103 Å². The Morgan fingerprint density at radius 3 is 2.53 bits per heavy atom. The molecule has 1 aliphatic rings. The monoisotopic (exact) mass is 254 g/mol. The third-order valence-corrected chi connectivity index (χ3v) is 5.07. The van der Waals surface area contributed by atoms with E-state index >= 15 is 0 Å². The fourth-order valence-electron chi connectivity index (χ4n) is 1.75. The second-order valence-corrected chi connectivity index (χ2v) is 6.44. The highest BCUT2D eigenvalue weighted by atomic mass is 32.2. The predicted octanol–water partition coefficient (Wildman–Crippen LogP) is 1.03. The molecule has 1 heterocycles. The Morgan fingerprint density at radius 1 is 1.29 bits per heavy atom. The molecular formula is C12H18N2O2S. The number of benzene rings is 1. The molecule has 17 heavy (non-hydrogen) atoms. The molecule has 0 aliphatic carbocycles. The highest BCUT2D eigenvalue weighted by Crippen LogP contribution is 2.16. The second-order valence-electron chi connectivity index (χ2n) is 4.40. The molecule has 0 atom stereocenters. The van der Waals surface area contributed by atoms with Crippen molar-refractivity contribution < 1.29 is 8.42 Å². The van der Waals surface area contributed by atoms with E-state index in [4.69, 9.17) is 0 Å². The van der Waals surface area contributed by atoms with Crippen LogP contribution < -0.4 is 0 Å². The summed E-state index contributed by atoms with van der Waals surface area (Å²) >= 11 is 0. The van der Waals surface area contributed by atoms with Crippen LogP contribution in [0.15, 0.2) is 24.3 Å². The second kappa shape index (κ2) is 4.76. The minimum atomic E-state index is -3.18. The quantitative estimate of drug-likeness (QED) is 0.736. The first-order valence-electron chi connectivity index (χ1n) is 5.78. The maximum Gasteiger partial charge on any atom is 0.281 e. The van der Waals surface area contributed by atoms with Crippen LogP contribution in [0.2, 0.25) is 0 Å². The van der Waals surface area contributed by atoms with Crippen molar-refractivity contribution in [1.29, 1.82) is 0 Å². The summed E-state index contributed by atoms with van der Waals surface area (Å²) in [4.78, 5) is 0. The summed E-state index contributed by atoms with van der Waals surface area (Å²) in [6.45, 7) is 3.91. The van der Waals surface area contributed by atoms with Gasteiger partial charge in [-0.15, -0.1) is 0 Å². The van der Waals surface area contributed by atoms with Gasteiger partial charge < -0.3 is 0 Å². The molecule has 0 aromatic heterocycles. The Balaban J connectivity index is 1.97. The Hall–Kier alpha value is -0.910. The van der Waals surface area contributed by atoms with Gasteiger partial charge in [-0.1, -0.05) is 24.3 Å². The lowest BCUT2D eigenvalue weighted by atomic mass is 10.1. The minimum absolute atomic E-state index is 0.531. The van der Waals surface area contributed by atoms with Gasteiger partial charge >= 0.3 is 0 Å². The van der Waals surface area contributed by atoms with E-state index < -0.39 is 10.2 Å². The van der Waals surface area contributed by atoms with E-state index in [-0.39, 0.29) is 0 Å². The molecular weight excluding hydrogens is 236 g/mol. The van der Waals surface area contributed by atoms with Crippen LogP contribution in [0, 0.1) is 6.92 Å². The van der Waals surface area contributed by atoms with Crippen LogP contribution in [-0.2, 0) is 16.6 Å². The minimum Gasteiger partial charge on any atom is -0.195 e. The zero-order valence-electron chi connectivity index (χ0n) is 10.3. The van der Waals surface area contributed by atoms with Gasteiger partial charge in [0.2, 0.25) is 0 Å². The van der Waals surface area contributed by atoms with Crippen molar-refractivity contribution in [2.75, 3.05) is 26.7 Å². The van der Waals surface area contributed by atoms with Crippen molar-refractivity contribution in [2.24, 2.45) is 0 Å². The average Bonchev–Trinajstić information content (AvgIpc) is 3.11. The summed E-state index contributed by atoms with van der Waals surface area (Å²) in [6.07, 6.45) is 0.760. The Morgan fingerprint density at radius 2 is 1.94 bits per heavy atom. The Bertz CT molecular complexity index is 495. The SMILES string of the molecule is Cc1ccccc1CCN(C)S(=O)(=O)N1CC1. The van der Waals surface area contributed by atoms with Gasteiger partial charge in [-0.2, -0.15) is 17.0 Å². The van der Waals surface area contributed by atoms with Crippen molar-refractivity contribution in [3.63, 3.8) is 0 Å². The van der Waals surface area contributed by atoms with Crippen LogP contribution in [0.25, 0.3) is 0 Å². The van der Waals surface area contributed by atoms with Crippen LogP contribution in [0.1, 0.15) is 11.1 Å². The number of hydrogen-bond acceptors (Lipinski definition) is 2. The van der Waals surface area contributed by atoms with Gasteiger partial charge in [0.25, 0.3) is 10.2 Å². The highest BCUT2D eigenvalue weighted by molar-refractivity contribution is 7.87. The van der Waals surface area contributed by atoms with Crippen molar-refractivity contribution in [1.82, 2.24) is 8.61 Å². The van der Waals surface area contributed by atoms with E-state index in [2.05, 4.69) is 0 Å². The molecule has 0 N–H and O–H groups in total. The average molecular weight is 254 g/mol. The summed E-state index contributed by atoms with van der Waals surface area (Å²) in [5, 5.41) is 0. The van der Waals surface area contributed by atoms with Gasteiger partial charge in [0.15, 0.2) is 0 Å². The highest BCUT2D eigenvalue weighted by Gasteiger charge is 2.34. The van der Waals surface area contributed by atoms with Gasteiger partial charge in [-0.05, 0) is 24.5 Å². The summed E-state index contributed by atoms with van der Waals surface area (Å²) < 4.78 is 26.6. The summed E-state index contributed by atoms with van der Waals surface area (Å²) in [5.41, 5.74) is 2.42. The molecule has 1 saturated heterocycles. The molecule has 4 nitrogen and oxygen atoms in total. The molecule has 1 aliphatic heterocycles. The van der Waals surface area contributed by atoms with E-state index in [1.165, 1.54) is 19.7 Å². The van der Waals surface area contributed by atoms with E-state index in [0.29, 0.717) is 19.6 Å². The first-order valence-corrected chi connectivity index (χ1v) is 7.17. The maximum atomic E-state index is 11.9. The van der Waals surface area contributed by atoms with Crippen LogP contribution in [-0.4, -0.2) is 43.7 Å². The van der Waals surface area contributed by atoms with Crippen LogP contribution >= 0.6 is 0 Å². The molecule has 0 radical (unpaired) electrons. The number of aryl methyl sites for hydroxylation is 1. The topological polar surface area (TPSA) is 40.4 Å². The zero-order chi connectivity index (χ0) is 12.5. The fourth-order valence-corrected chi connectivity index (χ4v) is 3.01. The number of likely N-dealkylation sites (N-methyl/N-ethyl adjacent to an activating group) is 1. The normalized spacial score (nSPS) is 16.4. The first-order chi connectivity index (χ1) is 8.01. The molecule has 0 unspecified atom stereocenters. The first kappa shape index (κ1) is 12.5. The largest absolute Gasteiger partial charge is 0.281 e. The van der Waals surface area contributed by atoms with Gasteiger partial charge in [0.1, 0.15) is 0 Å². The maximum absolute atomic E-state index is 11.9. The summed E-state index contributed by atoms with van der Waals surface area (Å²) in [7, 11) is -1.54. The molecule has 1 aromatic carbocycles. The van der Waals surface area contributed by atoms with Crippen LogP contribution in [0.4, 0.5) is 0 Å². The Kier molecular flexibility index (Phi) is 3.51. The van der Waals surface area contributed by atoms with Crippen molar-refractivity contribution in [3.8, 4) is 0 Å². The molecule has 0 bridgehead atoms. The number of hydrogen-bond donors (Lipinski definition) is 0. The lowest BCUT2D eigenvalue weighted by molar-refractivity contribution is 0.445. The van der Waals surface area contributed by atoms with Gasteiger partial charge in [0, 0.05) is 26.7 Å². The van der Waals surface area contributed by atoms with Gasteiger partial charge in [-0.25, -0.2) is 0 Å². The van der Waals surface area contributed by atoms with E-state index in [1.54, 1.807) is 7.05 Å². The molecule has 1 aromatic rings. The molecule has 2 rings (SSSR count). The van der Waals surface area contributed by atoms with Crippen molar-refractivity contribution in [3.05, 3.63) is 35.4 Å². The van der Waals surface area contributed by atoms with Crippen molar-refractivity contribution >= 4 is 10.2 Å². The molecule has 0 amide bonds. The molecule has 0 saturated carbocycles. The summed E-state index contributed by atoms with van der Waals surface area (Å²) in [6, 6.07) is 8.08. The zero-order valence-corrected chi connectivity index (χ0v) is 11.1. The molecule has 1 fully saturated rings. The lowest BCUT2D eigenvalue weighted by Gasteiger charge is -2.17. The predicted molar refractivity (Wildman–Crippen MR) is 68.0 cm³/mol. The van der Waals surface area contributed by atoms with E-state index in [0.717, 1.165) is 6.42 Å². The van der Waals surface area contributed by atoms with Crippen molar-refractivity contribution in [2.45, 2.75) is 13.3 Å². The van der Waals surface area contributed by atoms with Crippen LogP contribution in [0.5, 0.6) is 0 Å². The lowest BCUT2D eigenvalue weighted by Crippen LogP contribution is -2.33. The molecule has 94 valence electrons. The molecule has 5 heteroatoms. The van der Waals surface area contributed by atoms with E-state index in [1.807, 2.05) is 31.2 Å².